The minimum atomic E-state index is -0.746. The van der Waals surface area contributed by atoms with Crippen LogP contribution in [0.15, 0.2) is 22.8 Å². The molecule has 0 unspecified atom stereocenters. The number of hydrogen-bond acceptors (Lipinski definition) is 6. The first kappa shape index (κ1) is 19.2. The molecule has 1 rings (SSSR count). The summed E-state index contributed by atoms with van der Waals surface area (Å²) < 4.78 is 9.59. The van der Waals surface area contributed by atoms with E-state index in [9.17, 15) is 19.2 Å². The average Bonchev–Trinajstić information content (AvgIpc) is 2.97. The molecule has 9 heteroatoms. The van der Waals surface area contributed by atoms with Gasteiger partial charge in [0.05, 0.1) is 12.7 Å². The van der Waals surface area contributed by atoms with Crippen molar-refractivity contribution in [3.8, 4) is 0 Å². The van der Waals surface area contributed by atoms with Crippen LogP contribution < -0.4 is 16.0 Å². The maximum atomic E-state index is 11.5. The van der Waals surface area contributed by atoms with Crippen LogP contribution in [0.3, 0.4) is 0 Å². The third-order valence-electron chi connectivity index (χ3n) is 2.47. The van der Waals surface area contributed by atoms with Crippen LogP contribution in [-0.4, -0.2) is 42.5 Å². The van der Waals surface area contributed by atoms with Gasteiger partial charge in [-0.25, -0.2) is 4.79 Å². The second kappa shape index (κ2) is 8.70. The Kier molecular flexibility index (Phi) is 6.97. The summed E-state index contributed by atoms with van der Waals surface area (Å²) >= 11 is 0. The van der Waals surface area contributed by atoms with E-state index in [0.29, 0.717) is 0 Å². The van der Waals surface area contributed by atoms with Gasteiger partial charge in [0.1, 0.15) is 0 Å². The van der Waals surface area contributed by atoms with Gasteiger partial charge in [-0.05, 0) is 32.9 Å². The Morgan fingerprint density at radius 3 is 2.50 bits per heavy atom. The maximum absolute atomic E-state index is 11.5. The molecule has 1 heterocycles. The van der Waals surface area contributed by atoms with Gasteiger partial charge in [0.25, 0.3) is 11.8 Å². The molecular formula is C15H21N3O6. The van der Waals surface area contributed by atoms with E-state index >= 15 is 0 Å². The molecule has 0 saturated carbocycles. The molecular weight excluding hydrogens is 318 g/mol. The number of esters is 1. The lowest BCUT2D eigenvalue weighted by Crippen LogP contribution is -2.49. The smallest absolute Gasteiger partial charge is 0.321 e. The van der Waals surface area contributed by atoms with Crippen LogP contribution >= 0.6 is 0 Å². The Labute approximate surface area is 139 Å². The number of imide groups is 1. The first-order valence-electron chi connectivity index (χ1n) is 7.27. The van der Waals surface area contributed by atoms with Crippen LogP contribution in [0, 0.1) is 0 Å². The van der Waals surface area contributed by atoms with Crippen molar-refractivity contribution in [3.05, 3.63) is 24.2 Å². The summed E-state index contributed by atoms with van der Waals surface area (Å²) in [6.45, 7) is 4.73. The topological polar surface area (TPSA) is 127 Å². The van der Waals surface area contributed by atoms with Crippen molar-refractivity contribution in [1.29, 1.82) is 0 Å². The number of carbonyl (C=O) groups is 4. The third-order valence-corrected chi connectivity index (χ3v) is 2.47. The number of nitrogens with one attached hydrogen (secondary N) is 3. The SMILES string of the molecule is CC(C)(C)NC(=O)NC(=O)COC(=O)CCNC(=O)c1ccco1. The number of urea groups is 1. The van der Waals surface area contributed by atoms with Crippen molar-refractivity contribution in [2.24, 2.45) is 0 Å². The lowest BCUT2D eigenvalue weighted by Gasteiger charge is -2.20. The van der Waals surface area contributed by atoms with E-state index in [2.05, 4.69) is 10.6 Å². The standard InChI is InChI=1S/C15H21N3O6/c1-15(2,3)18-14(22)17-11(19)9-24-12(20)6-7-16-13(21)10-5-4-8-23-10/h4-5,8H,6-7,9H2,1-3H3,(H,16,21)(H2,17,18,19,22). The minimum Gasteiger partial charge on any atom is -0.459 e. The van der Waals surface area contributed by atoms with Gasteiger partial charge in [-0.3, -0.25) is 19.7 Å². The Balaban J connectivity index is 2.18. The van der Waals surface area contributed by atoms with Gasteiger partial charge < -0.3 is 19.8 Å². The van der Waals surface area contributed by atoms with Crippen LogP contribution in [0.25, 0.3) is 0 Å². The van der Waals surface area contributed by atoms with Gasteiger partial charge in [0.2, 0.25) is 0 Å². The van der Waals surface area contributed by atoms with Gasteiger partial charge in [0, 0.05) is 12.1 Å². The van der Waals surface area contributed by atoms with E-state index in [-0.39, 0.29) is 18.7 Å². The zero-order valence-corrected chi connectivity index (χ0v) is 13.8. The molecule has 0 saturated heterocycles. The van der Waals surface area contributed by atoms with Crippen LogP contribution in [0.1, 0.15) is 37.7 Å². The van der Waals surface area contributed by atoms with Gasteiger partial charge in [-0.15, -0.1) is 0 Å². The molecule has 132 valence electrons. The minimum absolute atomic E-state index is 0.0322. The highest BCUT2D eigenvalue weighted by atomic mass is 16.5. The Morgan fingerprint density at radius 2 is 1.92 bits per heavy atom. The molecule has 24 heavy (non-hydrogen) atoms. The first-order valence-corrected chi connectivity index (χ1v) is 7.27. The summed E-state index contributed by atoms with van der Waals surface area (Å²) in [6, 6.07) is 2.38. The molecule has 1 aromatic rings. The molecule has 0 aliphatic heterocycles. The third kappa shape index (κ3) is 7.97. The number of furan rings is 1. The van der Waals surface area contributed by atoms with Crippen molar-refractivity contribution >= 4 is 23.8 Å². The van der Waals surface area contributed by atoms with E-state index < -0.39 is 36.0 Å². The van der Waals surface area contributed by atoms with E-state index in [1.165, 1.54) is 12.3 Å². The molecule has 1 aromatic heterocycles. The van der Waals surface area contributed by atoms with Crippen molar-refractivity contribution in [2.75, 3.05) is 13.2 Å². The van der Waals surface area contributed by atoms with E-state index in [1.54, 1.807) is 26.8 Å². The van der Waals surface area contributed by atoms with Crippen LogP contribution in [0.2, 0.25) is 0 Å². The monoisotopic (exact) mass is 339 g/mol. The summed E-state index contributed by atoms with van der Waals surface area (Å²) in [7, 11) is 0. The Hall–Kier alpha value is -2.84. The predicted molar refractivity (Wildman–Crippen MR) is 83.0 cm³/mol. The zero-order valence-electron chi connectivity index (χ0n) is 13.8. The highest BCUT2D eigenvalue weighted by molar-refractivity contribution is 5.95. The molecule has 9 nitrogen and oxygen atoms in total. The van der Waals surface area contributed by atoms with Crippen LogP contribution in [-0.2, 0) is 14.3 Å². The summed E-state index contributed by atoms with van der Waals surface area (Å²) in [5.41, 5.74) is -0.493. The largest absolute Gasteiger partial charge is 0.459 e. The number of rotatable bonds is 6. The Bertz CT molecular complexity index is 589. The molecule has 0 aliphatic carbocycles. The lowest BCUT2D eigenvalue weighted by molar-refractivity contribution is -0.148. The fourth-order valence-electron chi connectivity index (χ4n) is 1.53. The fraction of sp³-hybridized carbons (Fsp3) is 0.467. The van der Waals surface area contributed by atoms with E-state index in [4.69, 9.17) is 9.15 Å². The van der Waals surface area contributed by atoms with Gasteiger partial charge in [-0.1, -0.05) is 0 Å². The quantitative estimate of drug-likeness (QED) is 0.650. The summed E-state index contributed by atoms with van der Waals surface area (Å²) in [6.07, 6.45) is 1.24. The van der Waals surface area contributed by atoms with Gasteiger partial charge >= 0.3 is 12.0 Å². The van der Waals surface area contributed by atoms with Crippen LogP contribution in [0.4, 0.5) is 4.79 Å². The molecule has 4 amide bonds. The van der Waals surface area contributed by atoms with Crippen molar-refractivity contribution in [3.63, 3.8) is 0 Å². The number of ether oxygens (including phenoxy) is 1. The molecule has 0 aliphatic rings. The molecule has 0 aromatic carbocycles. The molecule has 0 atom stereocenters. The molecule has 0 bridgehead atoms. The predicted octanol–water partition coefficient (Wildman–Crippen LogP) is 0.567. The highest BCUT2D eigenvalue weighted by Gasteiger charge is 2.16. The van der Waals surface area contributed by atoms with Crippen LogP contribution in [0.5, 0.6) is 0 Å². The summed E-state index contributed by atoms with van der Waals surface area (Å²) in [4.78, 5) is 45.9. The summed E-state index contributed by atoms with van der Waals surface area (Å²) in [5, 5.41) is 7.03. The molecule has 3 N–H and O–H groups in total. The number of hydrogen-bond donors (Lipinski definition) is 3. The maximum Gasteiger partial charge on any atom is 0.321 e. The van der Waals surface area contributed by atoms with Crippen molar-refractivity contribution in [2.45, 2.75) is 32.7 Å². The van der Waals surface area contributed by atoms with Crippen molar-refractivity contribution in [1.82, 2.24) is 16.0 Å². The van der Waals surface area contributed by atoms with Gasteiger partial charge in [-0.2, -0.15) is 0 Å². The Morgan fingerprint density at radius 1 is 1.21 bits per heavy atom. The highest BCUT2D eigenvalue weighted by Crippen LogP contribution is 1.99. The normalized spacial score (nSPS) is 10.6. The second-order valence-electron chi connectivity index (χ2n) is 5.90. The molecule has 0 spiro atoms. The first-order chi connectivity index (χ1) is 11.2. The lowest BCUT2D eigenvalue weighted by atomic mass is 10.1. The van der Waals surface area contributed by atoms with E-state index in [1.807, 2.05) is 5.32 Å². The molecule has 0 radical (unpaired) electrons. The van der Waals surface area contributed by atoms with Crippen molar-refractivity contribution < 1.29 is 28.3 Å². The molecule has 0 fully saturated rings. The number of amides is 4. The number of carbonyl (C=O) groups excluding carboxylic acids is 4. The average molecular weight is 339 g/mol. The second-order valence-corrected chi connectivity index (χ2v) is 5.90. The van der Waals surface area contributed by atoms with E-state index in [0.717, 1.165) is 0 Å². The zero-order chi connectivity index (χ0) is 18.2. The van der Waals surface area contributed by atoms with Gasteiger partial charge in [0.15, 0.2) is 12.4 Å². The fourth-order valence-corrected chi connectivity index (χ4v) is 1.53. The summed E-state index contributed by atoms with van der Waals surface area (Å²) in [5.74, 6) is -1.75.